The predicted molar refractivity (Wildman–Crippen MR) is 134 cm³/mol. The smallest absolute Gasteiger partial charge is 0.231 e. The Morgan fingerprint density at radius 1 is 0.971 bits per heavy atom. The molecular formula is C27H29NO5S. The van der Waals surface area contributed by atoms with Crippen LogP contribution in [0.5, 0.6) is 11.5 Å². The number of rotatable bonds is 7. The molecule has 0 bridgehead atoms. The predicted octanol–water partition coefficient (Wildman–Crippen LogP) is 5.82. The van der Waals surface area contributed by atoms with Crippen LogP contribution in [0.3, 0.4) is 0 Å². The highest BCUT2D eigenvalue weighted by Gasteiger charge is 2.50. The van der Waals surface area contributed by atoms with Crippen molar-refractivity contribution >= 4 is 16.6 Å². The van der Waals surface area contributed by atoms with Gasteiger partial charge >= 0.3 is 0 Å². The van der Waals surface area contributed by atoms with Crippen LogP contribution in [0.2, 0.25) is 0 Å². The lowest BCUT2D eigenvalue weighted by atomic mass is 9.87. The number of Topliss-reactive ketones (excluding diaryl/α,β-unsaturated/α-hetero) is 1. The van der Waals surface area contributed by atoms with Crippen molar-refractivity contribution in [2.45, 2.75) is 36.5 Å². The third kappa shape index (κ3) is 3.99. The molecule has 1 heterocycles. The number of ketones is 1. The molecule has 0 saturated heterocycles. The van der Waals surface area contributed by atoms with E-state index in [4.69, 9.17) is 9.47 Å². The molecule has 1 fully saturated rings. The quantitative estimate of drug-likeness (QED) is 0.445. The van der Waals surface area contributed by atoms with Gasteiger partial charge in [0, 0.05) is 20.5 Å². The molecular weight excluding hydrogens is 450 g/mol. The monoisotopic (exact) mass is 479 g/mol. The van der Waals surface area contributed by atoms with Crippen molar-refractivity contribution in [1.82, 2.24) is 4.31 Å². The van der Waals surface area contributed by atoms with E-state index in [2.05, 4.69) is 6.07 Å². The molecule has 7 heteroatoms. The third-order valence-corrected chi connectivity index (χ3v) is 8.78. The molecule has 0 spiro atoms. The van der Waals surface area contributed by atoms with Gasteiger partial charge in [0.1, 0.15) is 5.78 Å². The summed E-state index contributed by atoms with van der Waals surface area (Å²) in [5.74, 6) is 1.68. The van der Waals surface area contributed by atoms with Crippen molar-refractivity contribution in [3.8, 4) is 22.6 Å². The Morgan fingerprint density at radius 3 is 2.32 bits per heavy atom. The zero-order valence-electron chi connectivity index (χ0n) is 19.6. The second kappa shape index (κ2) is 8.43. The highest BCUT2D eigenvalue weighted by atomic mass is 32.3. The van der Waals surface area contributed by atoms with Crippen LogP contribution in [0.1, 0.15) is 29.5 Å². The van der Waals surface area contributed by atoms with Gasteiger partial charge in [0.2, 0.25) is 6.79 Å². The Hall–Kier alpha value is -2.84. The summed E-state index contributed by atoms with van der Waals surface area (Å²) < 4.78 is 33.0. The maximum Gasteiger partial charge on any atom is 0.231 e. The summed E-state index contributed by atoms with van der Waals surface area (Å²) in [6.45, 7) is 2.27. The van der Waals surface area contributed by atoms with Crippen molar-refractivity contribution in [2.75, 3.05) is 20.9 Å². The average molecular weight is 480 g/mol. The van der Waals surface area contributed by atoms with Gasteiger partial charge in [-0.15, -0.1) is 10.8 Å². The molecule has 2 aliphatic rings. The van der Waals surface area contributed by atoms with Gasteiger partial charge in [0.05, 0.1) is 10.3 Å². The second-order valence-corrected chi connectivity index (χ2v) is 11.5. The van der Waals surface area contributed by atoms with E-state index in [1.165, 1.54) is 4.31 Å². The number of ether oxygens (including phenoxy) is 2. The van der Waals surface area contributed by atoms with Crippen LogP contribution < -0.4 is 9.47 Å². The number of carbonyl (C=O) groups is 1. The highest BCUT2D eigenvalue weighted by molar-refractivity contribution is 8.22. The second-order valence-electron chi connectivity index (χ2n) is 9.25. The summed E-state index contributed by atoms with van der Waals surface area (Å²) in [5.41, 5.74) is 4.72. The number of carbonyl (C=O) groups excluding carboxylic acids is 1. The normalized spacial score (nSPS) is 16.5. The zero-order chi connectivity index (χ0) is 24.1. The largest absolute Gasteiger partial charge is 0.454 e. The van der Waals surface area contributed by atoms with Crippen LogP contribution in [0, 0.1) is 6.92 Å². The van der Waals surface area contributed by atoms with E-state index in [9.17, 15) is 13.9 Å². The summed E-state index contributed by atoms with van der Waals surface area (Å²) in [5, 5.41) is 0. The first-order valence-electron chi connectivity index (χ1n) is 11.3. The summed E-state index contributed by atoms with van der Waals surface area (Å²) in [6, 6.07) is 19.3. The highest BCUT2D eigenvalue weighted by Crippen LogP contribution is 2.52. The number of hydrogen-bond donors (Lipinski definition) is 2. The topological polar surface area (TPSA) is 79.2 Å². The maximum atomic E-state index is 13.3. The zero-order valence-corrected chi connectivity index (χ0v) is 20.4. The van der Waals surface area contributed by atoms with Gasteiger partial charge in [-0.05, 0) is 71.8 Å². The van der Waals surface area contributed by atoms with Crippen molar-refractivity contribution in [3.63, 3.8) is 0 Å². The molecule has 6 nitrogen and oxygen atoms in total. The summed E-state index contributed by atoms with van der Waals surface area (Å²) in [7, 11) is 0.329. The molecule has 3 aromatic rings. The molecule has 34 heavy (non-hydrogen) atoms. The SMILES string of the molecule is Cc1cc(CC(=O)C2(c3ccc4c(c3)OCO4)CC2)ccc1-c1ccc(S(O)(O)N(C)C)cc1. The van der Waals surface area contributed by atoms with Crippen molar-refractivity contribution in [2.24, 2.45) is 0 Å². The molecule has 2 N–H and O–H groups in total. The van der Waals surface area contributed by atoms with E-state index in [0.717, 1.165) is 52.2 Å². The van der Waals surface area contributed by atoms with Gasteiger partial charge in [0.25, 0.3) is 0 Å². The molecule has 5 rings (SSSR count). The number of nitrogens with zero attached hydrogens (tertiary/aromatic N) is 1. The summed E-state index contributed by atoms with van der Waals surface area (Å²) in [4.78, 5) is 13.8. The molecule has 1 aliphatic carbocycles. The third-order valence-electron chi connectivity index (χ3n) is 6.86. The van der Waals surface area contributed by atoms with Crippen LogP contribution in [0.4, 0.5) is 0 Å². The standard InChI is InChI=1S/C27H29NO5S/c1-18-14-19(4-10-23(18)20-5-8-22(9-6-20)34(30,31)28(2)3)15-26(29)27(12-13-27)21-7-11-24-25(16-21)33-17-32-24/h4-11,14,16,30-31H,12-13,15,17H2,1-3H3. The summed E-state index contributed by atoms with van der Waals surface area (Å²) >= 11 is 0. The molecule has 0 unspecified atom stereocenters. The van der Waals surface area contributed by atoms with Crippen molar-refractivity contribution < 1.29 is 23.4 Å². The van der Waals surface area contributed by atoms with E-state index in [1.54, 1.807) is 26.2 Å². The molecule has 1 saturated carbocycles. The number of benzene rings is 3. The molecule has 0 radical (unpaired) electrons. The summed E-state index contributed by atoms with van der Waals surface area (Å²) in [6.07, 6.45) is 2.11. The van der Waals surface area contributed by atoms with Gasteiger partial charge in [0.15, 0.2) is 11.5 Å². The fraction of sp³-hybridized carbons (Fsp3) is 0.296. The number of aryl methyl sites for hydroxylation is 1. The van der Waals surface area contributed by atoms with Crippen molar-refractivity contribution in [1.29, 1.82) is 0 Å². The molecule has 3 aromatic carbocycles. The van der Waals surface area contributed by atoms with Gasteiger partial charge in [-0.25, -0.2) is 4.31 Å². The number of fused-ring (bicyclic) bond motifs is 1. The lowest BCUT2D eigenvalue weighted by Gasteiger charge is -2.38. The molecule has 0 aromatic heterocycles. The fourth-order valence-corrected chi connectivity index (χ4v) is 5.51. The van der Waals surface area contributed by atoms with Crippen molar-refractivity contribution in [3.05, 3.63) is 77.4 Å². The van der Waals surface area contributed by atoms with Crippen LogP contribution in [0.15, 0.2) is 65.6 Å². The van der Waals surface area contributed by atoms with Crippen LogP contribution in [-0.4, -0.2) is 40.1 Å². The average Bonchev–Trinajstić information content (AvgIpc) is 3.50. The van der Waals surface area contributed by atoms with Crippen LogP contribution in [-0.2, 0) is 16.6 Å². The molecule has 1 aliphatic heterocycles. The maximum absolute atomic E-state index is 13.3. The first-order valence-corrected chi connectivity index (χ1v) is 12.8. The first-order chi connectivity index (χ1) is 16.2. The minimum Gasteiger partial charge on any atom is -0.454 e. The first kappa shape index (κ1) is 22.9. The minimum atomic E-state index is -2.96. The molecule has 178 valence electrons. The van der Waals surface area contributed by atoms with Gasteiger partial charge in [-0.1, -0.05) is 36.4 Å². The van der Waals surface area contributed by atoms with E-state index < -0.39 is 16.2 Å². The Labute approximate surface area is 201 Å². The van der Waals surface area contributed by atoms with Gasteiger partial charge in [-0.3, -0.25) is 13.9 Å². The lowest BCUT2D eigenvalue weighted by Crippen LogP contribution is -2.22. The van der Waals surface area contributed by atoms with E-state index in [1.807, 2.05) is 49.4 Å². The van der Waals surface area contributed by atoms with E-state index in [0.29, 0.717) is 11.3 Å². The van der Waals surface area contributed by atoms with Crippen LogP contribution in [0.25, 0.3) is 11.1 Å². The van der Waals surface area contributed by atoms with Gasteiger partial charge < -0.3 is 9.47 Å². The Bertz CT molecular complexity index is 1250. The van der Waals surface area contributed by atoms with Crippen LogP contribution >= 0.6 is 10.8 Å². The Balaban J connectivity index is 1.33. The lowest BCUT2D eigenvalue weighted by molar-refractivity contribution is -0.120. The molecule has 0 amide bonds. The minimum absolute atomic E-state index is 0.228. The Morgan fingerprint density at radius 2 is 1.68 bits per heavy atom. The fourth-order valence-electron chi connectivity index (χ4n) is 4.59. The Kier molecular flexibility index (Phi) is 5.68. The van der Waals surface area contributed by atoms with Gasteiger partial charge in [-0.2, -0.15) is 0 Å². The number of hydrogen-bond acceptors (Lipinski definition) is 6. The van der Waals surface area contributed by atoms with E-state index in [-0.39, 0.29) is 12.6 Å². The molecule has 0 atom stereocenters. The van der Waals surface area contributed by atoms with E-state index >= 15 is 0 Å².